The molecule has 2 N–H and O–H groups in total. The van der Waals surface area contributed by atoms with Crippen molar-refractivity contribution < 1.29 is 4.79 Å². The Labute approximate surface area is 124 Å². The van der Waals surface area contributed by atoms with Crippen molar-refractivity contribution in [3.8, 4) is 0 Å². The fraction of sp³-hybridized carbons (Fsp3) is 0.375. The molecular weight excluding hydrogens is 264 g/mol. The van der Waals surface area contributed by atoms with Crippen molar-refractivity contribution in [1.29, 1.82) is 0 Å². The Morgan fingerprint density at radius 1 is 1.43 bits per heavy atom. The van der Waals surface area contributed by atoms with Crippen LogP contribution >= 0.6 is 0 Å². The van der Waals surface area contributed by atoms with Crippen LogP contribution in [0, 0.1) is 0 Å². The molecule has 0 spiro atoms. The summed E-state index contributed by atoms with van der Waals surface area (Å²) in [5, 5.41) is 4.07. The van der Waals surface area contributed by atoms with Crippen LogP contribution in [0.25, 0.3) is 0 Å². The van der Waals surface area contributed by atoms with E-state index in [0.717, 1.165) is 19.3 Å². The highest BCUT2D eigenvalue weighted by molar-refractivity contribution is 5.76. The predicted octanol–water partition coefficient (Wildman–Crippen LogP) is 2.00. The number of aromatic nitrogens is 2. The normalized spacial score (nSPS) is 17.3. The second-order valence-electron chi connectivity index (χ2n) is 5.55. The average molecular weight is 284 g/mol. The lowest BCUT2D eigenvalue weighted by atomic mass is 9.87. The molecule has 5 nitrogen and oxygen atoms in total. The molecule has 5 heteroatoms. The van der Waals surface area contributed by atoms with Crippen molar-refractivity contribution in [2.45, 2.75) is 31.8 Å². The van der Waals surface area contributed by atoms with Crippen LogP contribution in [0.15, 0.2) is 36.5 Å². The van der Waals surface area contributed by atoms with Crippen molar-refractivity contribution in [1.82, 2.24) is 14.7 Å². The number of likely N-dealkylation sites (N-methyl/N-ethyl adjacent to an activating group) is 1. The molecule has 21 heavy (non-hydrogen) atoms. The first-order chi connectivity index (χ1) is 10.1. The predicted molar refractivity (Wildman–Crippen MR) is 81.5 cm³/mol. The van der Waals surface area contributed by atoms with Gasteiger partial charge in [-0.15, -0.1) is 0 Å². The first-order valence-corrected chi connectivity index (χ1v) is 7.27. The molecule has 0 saturated carbocycles. The first-order valence-electron chi connectivity index (χ1n) is 7.27. The van der Waals surface area contributed by atoms with Crippen molar-refractivity contribution in [2.24, 2.45) is 0 Å². The van der Waals surface area contributed by atoms with E-state index >= 15 is 0 Å². The number of hydrogen-bond acceptors (Lipinski definition) is 3. The largest absolute Gasteiger partial charge is 0.382 e. The molecule has 0 aliphatic heterocycles. The molecule has 3 rings (SSSR count). The summed E-state index contributed by atoms with van der Waals surface area (Å²) < 4.78 is 1.59. The Morgan fingerprint density at radius 2 is 2.24 bits per heavy atom. The van der Waals surface area contributed by atoms with Gasteiger partial charge in [0.25, 0.3) is 0 Å². The summed E-state index contributed by atoms with van der Waals surface area (Å²) >= 11 is 0. The fourth-order valence-electron chi connectivity index (χ4n) is 3.02. The van der Waals surface area contributed by atoms with Gasteiger partial charge in [0.15, 0.2) is 0 Å². The Bertz CT molecular complexity index is 649. The van der Waals surface area contributed by atoms with Gasteiger partial charge >= 0.3 is 0 Å². The van der Waals surface area contributed by atoms with Gasteiger partial charge in [-0.1, -0.05) is 24.3 Å². The summed E-state index contributed by atoms with van der Waals surface area (Å²) in [6, 6.07) is 10.3. The zero-order valence-corrected chi connectivity index (χ0v) is 12.2. The molecule has 0 fully saturated rings. The van der Waals surface area contributed by atoms with E-state index in [1.165, 1.54) is 11.1 Å². The molecule has 110 valence electrons. The monoisotopic (exact) mass is 284 g/mol. The summed E-state index contributed by atoms with van der Waals surface area (Å²) in [5.74, 6) is 0.494. The second-order valence-corrected chi connectivity index (χ2v) is 5.55. The highest BCUT2D eigenvalue weighted by Gasteiger charge is 2.26. The molecule has 1 heterocycles. The zero-order chi connectivity index (χ0) is 14.8. The number of hydrogen-bond donors (Lipinski definition) is 1. The van der Waals surface area contributed by atoms with E-state index in [4.69, 9.17) is 5.73 Å². The minimum absolute atomic E-state index is 0.0554. The number of carbonyl (C=O) groups is 1. The lowest BCUT2D eigenvalue weighted by Gasteiger charge is -2.33. The molecule has 0 bridgehead atoms. The van der Waals surface area contributed by atoms with Crippen molar-refractivity contribution in [3.05, 3.63) is 47.7 Å². The maximum atomic E-state index is 12.5. The number of nitrogen functional groups attached to an aromatic ring is 1. The van der Waals surface area contributed by atoms with Gasteiger partial charge in [0, 0.05) is 13.2 Å². The fourth-order valence-corrected chi connectivity index (χ4v) is 3.02. The number of nitrogens with two attached hydrogens (primary N) is 1. The third-order valence-electron chi connectivity index (χ3n) is 4.16. The van der Waals surface area contributed by atoms with Gasteiger partial charge in [-0.05, 0) is 36.5 Å². The van der Waals surface area contributed by atoms with Crippen molar-refractivity contribution in [2.75, 3.05) is 12.8 Å². The van der Waals surface area contributed by atoms with Crippen molar-refractivity contribution >= 4 is 11.7 Å². The summed E-state index contributed by atoms with van der Waals surface area (Å²) in [4.78, 5) is 14.3. The van der Waals surface area contributed by atoms with Crippen LogP contribution in [-0.2, 0) is 17.8 Å². The molecule has 1 aliphatic rings. The molecule has 2 aromatic rings. The summed E-state index contributed by atoms with van der Waals surface area (Å²) in [7, 11) is 1.88. The van der Waals surface area contributed by atoms with Crippen LogP contribution in [0.4, 0.5) is 5.82 Å². The van der Waals surface area contributed by atoms with Gasteiger partial charge in [-0.25, -0.2) is 0 Å². The Balaban J connectivity index is 1.76. The van der Waals surface area contributed by atoms with Gasteiger partial charge in [0.1, 0.15) is 12.4 Å². The van der Waals surface area contributed by atoms with Crippen LogP contribution in [-0.4, -0.2) is 27.6 Å². The average Bonchev–Trinajstić information content (AvgIpc) is 2.91. The minimum Gasteiger partial charge on any atom is -0.382 e. The molecule has 1 atom stereocenters. The maximum Gasteiger partial charge on any atom is 0.244 e. The molecule has 1 aliphatic carbocycles. The Kier molecular flexibility index (Phi) is 3.64. The smallest absolute Gasteiger partial charge is 0.244 e. The van der Waals surface area contributed by atoms with E-state index in [1.807, 2.05) is 18.0 Å². The van der Waals surface area contributed by atoms with Crippen LogP contribution in [0.5, 0.6) is 0 Å². The summed E-state index contributed by atoms with van der Waals surface area (Å²) in [6.07, 6.45) is 4.97. The standard InChI is InChI=1S/C16H20N4O/c1-19(16(21)11-20-10-9-15(17)18-20)14-8-4-6-12-5-2-3-7-13(12)14/h2-3,5,7,9-10,14H,4,6,8,11H2,1H3,(H2,17,18). The molecular formula is C16H20N4O. The Morgan fingerprint density at radius 3 is 3.00 bits per heavy atom. The number of amides is 1. The maximum absolute atomic E-state index is 12.5. The number of rotatable bonds is 3. The van der Waals surface area contributed by atoms with Crippen LogP contribution in [0.1, 0.15) is 30.0 Å². The molecule has 0 saturated heterocycles. The van der Waals surface area contributed by atoms with Crippen LogP contribution < -0.4 is 5.73 Å². The molecule has 1 aromatic carbocycles. The Hall–Kier alpha value is -2.30. The quantitative estimate of drug-likeness (QED) is 0.937. The number of carbonyl (C=O) groups excluding carboxylic acids is 1. The van der Waals surface area contributed by atoms with E-state index < -0.39 is 0 Å². The van der Waals surface area contributed by atoms with Crippen molar-refractivity contribution in [3.63, 3.8) is 0 Å². The van der Waals surface area contributed by atoms with E-state index in [2.05, 4.69) is 23.3 Å². The number of benzene rings is 1. The molecule has 1 unspecified atom stereocenters. The lowest BCUT2D eigenvalue weighted by Crippen LogP contribution is -2.35. The lowest BCUT2D eigenvalue weighted by molar-refractivity contribution is -0.133. The summed E-state index contributed by atoms with van der Waals surface area (Å²) in [5.41, 5.74) is 8.22. The number of aryl methyl sites for hydroxylation is 1. The third kappa shape index (κ3) is 2.77. The van der Waals surface area contributed by atoms with Gasteiger partial charge in [-0.2, -0.15) is 5.10 Å². The van der Waals surface area contributed by atoms with Gasteiger partial charge in [0.05, 0.1) is 6.04 Å². The third-order valence-corrected chi connectivity index (χ3v) is 4.16. The van der Waals surface area contributed by atoms with E-state index in [1.54, 1.807) is 16.9 Å². The van der Waals surface area contributed by atoms with Gasteiger partial charge in [0.2, 0.25) is 5.91 Å². The summed E-state index contributed by atoms with van der Waals surface area (Å²) in [6.45, 7) is 0.229. The first kappa shape index (κ1) is 13.7. The molecule has 1 aromatic heterocycles. The number of nitrogens with zero attached hydrogens (tertiary/aromatic N) is 3. The highest BCUT2D eigenvalue weighted by Crippen LogP contribution is 2.33. The number of fused-ring (bicyclic) bond motifs is 1. The minimum atomic E-state index is 0.0554. The van der Waals surface area contributed by atoms with Gasteiger partial charge in [-0.3, -0.25) is 9.48 Å². The van der Waals surface area contributed by atoms with E-state index in [-0.39, 0.29) is 18.5 Å². The molecule has 1 amide bonds. The van der Waals surface area contributed by atoms with Gasteiger partial charge < -0.3 is 10.6 Å². The van der Waals surface area contributed by atoms with E-state index in [0.29, 0.717) is 5.82 Å². The number of anilines is 1. The second kappa shape index (κ2) is 5.60. The topological polar surface area (TPSA) is 64.2 Å². The highest BCUT2D eigenvalue weighted by atomic mass is 16.2. The van der Waals surface area contributed by atoms with Crippen LogP contribution in [0.2, 0.25) is 0 Å². The van der Waals surface area contributed by atoms with E-state index in [9.17, 15) is 4.79 Å². The SMILES string of the molecule is CN(C(=O)Cn1ccc(N)n1)C1CCCc2ccccc21. The van der Waals surface area contributed by atoms with Crippen LogP contribution in [0.3, 0.4) is 0 Å². The molecule has 0 radical (unpaired) electrons. The zero-order valence-electron chi connectivity index (χ0n) is 12.2.